The first-order chi connectivity index (χ1) is 14.2. The molecular weight excluding hydrogens is 402 g/mol. The number of hydrogen-bond acceptors (Lipinski definition) is 5. The van der Waals surface area contributed by atoms with Crippen molar-refractivity contribution in [1.29, 1.82) is 5.26 Å². The molecule has 2 amide bonds. The first-order valence-corrected chi connectivity index (χ1v) is 10.5. The smallest absolute Gasteiger partial charge is 0.272 e. The van der Waals surface area contributed by atoms with Crippen molar-refractivity contribution in [2.75, 3.05) is 11.1 Å². The third kappa shape index (κ3) is 6.07. The highest BCUT2D eigenvalue weighted by Gasteiger charge is 2.15. The Kier molecular flexibility index (Phi) is 7.22. The molecule has 3 rings (SSSR count). The highest BCUT2D eigenvalue weighted by molar-refractivity contribution is 7.99. The molecule has 0 aliphatic heterocycles. The Hall–Kier alpha value is -3.34. The lowest BCUT2D eigenvalue weighted by molar-refractivity contribution is -0.113. The molecule has 1 aromatic heterocycles. The number of amides is 2. The van der Waals surface area contributed by atoms with E-state index < -0.39 is 5.91 Å². The molecule has 0 unspecified atom stereocenters. The second kappa shape index (κ2) is 10.3. The van der Waals surface area contributed by atoms with E-state index in [1.807, 2.05) is 29.6 Å². The molecule has 2 N–H and O–H groups in total. The van der Waals surface area contributed by atoms with Crippen molar-refractivity contribution in [3.63, 3.8) is 0 Å². The van der Waals surface area contributed by atoms with Crippen LogP contribution in [0.5, 0.6) is 0 Å². The van der Waals surface area contributed by atoms with Crippen LogP contribution in [-0.4, -0.2) is 17.6 Å². The maximum Gasteiger partial charge on any atom is 0.272 e. The summed E-state index contributed by atoms with van der Waals surface area (Å²) in [4.78, 5) is 27.2. The maximum absolute atomic E-state index is 12.9. The molecule has 0 saturated heterocycles. The Bertz CT molecular complexity index is 1060. The maximum atomic E-state index is 12.9. The highest BCUT2D eigenvalue weighted by atomic mass is 32.2. The fraction of sp³-hybridized carbons (Fsp3) is 0.0455. The zero-order chi connectivity index (χ0) is 20.5. The summed E-state index contributed by atoms with van der Waals surface area (Å²) in [6.45, 7) is 0. The molecular formula is C22H17N3O2S2. The predicted molar refractivity (Wildman–Crippen MR) is 118 cm³/mol. The van der Waals surface area contributed by atoms with E-state index in [4.69, 9.17) is 5.26 Å². The molecule has 0 fully saturated rings. The third-order valence-corrected chi connectivity index (χ3v) is 5.43. The van der Waals surface area contributed by atoms with Gasteiger partial charge in [-0.25, -0.2) is 0 Å². The van der Waals surface area contributed by atoms with Crippen molar-refractivity contribution in [2.45, 2.75) is 4.90 Å². The molecule has 29 heavy (non-hydrogen) atoms. The fourth-order valence-electron chi connectivity index (χ4n) is 2.44. The van der Waals surface area contributed by atoms with Gasteiger partial charge in [0.15, 0.2) is 0 Å². The van der Waals surface area contributed by atoms with Gasteiger partial charge in [0.05, 0.1) is 11.8 Å². The number of nitrogens with one attached hydrogen (secondary N) is 2. The van der Waals surface area contributed by atoms with Crippen LogP contribution in [0.15, 0.2) is 82.7 Å². The Morgan fingerprint density at radius 3 is 2.62 bits per heavy atom. The van der Waals surface area contributed by atoms with Gasteiger partial charge >= 0.3 is 0 Å². The van der Waals surface area contributed by atoms with Crippen LogP contribution in [0.1, 0.15) is 15.2 Å². The van der Waals surface area contributed by atoms with E-state index in [0.29, 0.717) is 17.0 Å². The summed E-state index contributed by atoms with van der Waals surface area (Å²) in [6, 6.07) is 21.8. The number of rotatable bonds is 7. The van der Waals surface area contributed by atoms with Crippen LogP contribution in [0.25, 0.3) is 6.08 Å². The second-order valence-corrected chi connectivity index (χ2v) is 7.85. The fourth-order valence-corrected chi connectivity index (χ4v) is 3.71. The highest BCUT2D eigenvalue weighted by Crippen LogP contribution is 2.22. The average Bonchev–Trinajstić information content (AvgIpc) is 3.26. The van der Waals surface area contributed by atoms with Gasteiger partial charge in [-0.2, -0.15) is 5.26 Å². The lowest BCUT2D eigenvalue weighted by atomic mass is 10.2. The molecule has 3 aromatic rings. The normalized spacial score (nSPS) is 10.8. The number of hydrogen-bond donors (Lipinski definition) is 2. The van der Waals surface area contributed by atoms with Crippen LogP contribution in [-0.2, 0) is 4.79 Å². The molecule has 0 spiro atoms. The SMILES string of the molecule is N#CCSc1cccc(NC(=O)/C(=C\c2cccs2)NC(=O)c2ccccc2)c1. The minimum Gasteiger partial charge on any atom is -0.321 e. The van der Waals surface area contributed by atoms with Crippen LogP contribution in [0.2, 0.25) is 0 Å². The van der Waals surface area contributed by atoms with Crippen molar-refractivity contribution < 1.29 is 9.59 Å². The Morgan fingerprint density at radius 1 is 1.07 bits per heavy atom. The summed E-state index contributed by atoms with van der Waals surface area (Å²) in [5, 5.41) is 16.2. The van der Waals surface area contributed by atoms with Crippen LogP contribution < -0.4 is 10.6 Å². The van der Waals surface area contributed by atoms with Gasteiger partial charge in [0.1, 0.15) is 5.70 Å². The summed E-state index contributed by atoms with van der Waals surface area (Å²) in [7, 11) is 0. The van der Waals surface area contributed by atoms with E-state index >= 15 is 0 Å². The summed E-state index contributed by atoms with van der Waals surface area (Å²) < 4.78 is 0. The summed E-state index contributed by atoms with van der Waals surface area (Å²) >= 11 is 2.85. The lowest BCUT2D eigenvalue weighted by Gasteiger charge is -2.11. The van der Waals surface area contributed by atoms with E-state index in [9.17, 15) is 9.59 Å². The topological polar surface area (TPSA) is 82.0 Å². The standard InChI is InChI=1S/C22H17N3O2S2/c23-11-13-29-18-9-4-8-17(14-18)24-22(27)20(15-19-10-5-12-28-19)25-21(26)16-6-2-1-3-7-16/h1-10,12,14-15H,13H2,(H,24,27)(H,25,26)/b20-15+. The van der Waals surface area contributed by atoms with Crippen LogP contribution in [0.4, 0.5) is 5.69 Å². The van der Waals surface area contributed by atoms with Crippen LogP contribution >= 0.6 is 23.1 Å². The monoisotopic (exact) mass is 419 g/mol. The van der Waals surface area contributed by atoms with E-state index in [2.05, 4.69) is 16.7 Å². The minimum atomic E-state index is -0.426. The molecule has 0 saturated carbocycles. The number of nitriles is 1. The predicted octanol–water partition coefficient (Wildman–Crippen LogP) is 4.77. The molecule has 1 heterocycles. The van der Waals surface area contributed by atoms with Gasteiger partial charge in [0.2, 0.25) is 0 Å². The zero-order valence-corrected chi connectivity index (χ0v) is 16.9. The number of thiophene rings is 1. The zero-order valence-electron chi connectivity index (χ0n) is 15.3. The Labute approximate surface area is 177 Å². The van der Waals surface area contributed by atoms with Crippen molar-refractivity contribution in [2.24, 2.45) is 0 Å². The third-order valence-electron chi connectivity index (χ3n) is 3.75. The van der Waals surface area contributed by atoms with Gasteiger partial charge in [-0.1, -0.05) is 30.3 Å². The largest absolute Gasteiger partial charge is 0.321 e. The molecule has 0 radical (unpaired) electrons. The van der Waals surface area contributed by atoms with Gasteiger partial charge < -0.3 is 10.6 Å². The van der Waals surface area contributed by atoms with Crippen molar-refractivity contribution in [3.05, 3.63) is 88.2 Å². The van der Waals surface area contributed by atoms with E-state index in [-0.39, 0.29) is 11.6 Å². The Balaban J connectivity index is 1.80. The molecule has 7 heteroatoms. The van der Waals surface area contributed by atoms with Crippen molar-refractivity contribution in [3.8, 4) is 6.07 Å². The quantitative estimate of drug-likeness (QED) is 0.427. The number of carbonyl (C=O) groups excluding carboxylic acids is 2. The van der Waals surface area contributed by atoms with Gasteiger partial charge in [-0.05, 0) is 47.9 Å². The number of carbonyl (C=O) groups is 2. The summed E-state index contributed by atoms with van der Waals surface area (Å²) in [6.07, 6.45) is 1.65. The molecule has 0 aliphatic rings. The lowest BCUT2D eigenvalue weighted by Crippen LogP contribution is -2.30. The van der Waals surface area contributed by atoms with Gasteiger partial charge in [-0.15, -0.1) is 23.1 Å². The molecule has 5 nitrogen and oxygen atoms in total. The molecule has 0 atom stereocenters. The Morgan fingerprint density at radius 2 is 1.90 bits per heavy atom. The first kappa shape index (κ1) is 20.4. The number of benzene rings is 2. The van der Waals surface area contributed by atoms with Crippen molar-refractivity contribution in [1.82, 2.24) is 5.32 Å². The summed E-state index contributed by atoms with van der Waals surface area (Å²) in [5.74, 6) is -0.458. The number of anilines is 1. The first-order valence-electron chi connectivity index (χ1n) is 8.68. The molecule has 0 bridgehead atoms. The molecule has 2 aromatic carbocycles. The summed E-state index contributed by atoms with van der Waals surface area (Å²) in [5.41, 5.74) is 1.20. The van der Waals surface area contributed by atoms with Crippen LogP contribution in [0.3, 0.4) is 0 Å². The number of nitrogens with zero attached hydrogens (tertiary/aromatic N) is 1. The van der Waals surface area contributed by atoms with E-state index in [0.717, 1.165) is 9.77 Å². The number of thioether (sulfide) groups is 1. The van der Waals surface area contributed by atoms with Gasteiger partial charge in [0, 0.05) is 21.0 Å². The van der Waals surface area contributed by atoms with Crippen molar-refractivity contribution >= 4 is 46.7 Å². The molecule has 0 aliphatic carbocycles. The van der Waals surface area contributed by atoms with Crippen LogP contribution in [0, 0.1) is 11.3 Å². The second-order valence-electron chi connectivity index (χ2n) is 5.82. The average molecular weight is 420 g/mol. The van der Waals surface area contributed by atoms with Gasteiger partial charge in [-0.3, -0.25) is 9.59 Å². The molecule has 144 valence electrons. The van der Waals surface area contributed by atoms with E-state index in [1.54, 1.807) is 48.5 Å². The van der Waals surface area contributed by atoms with E-state index in [1.165, 1.54) is 23.1 Å². The van der Waals surface area contributed by atoms with Gasteiger partial charge in [0.25, 0.3) is 11.8 Å². The minimum absolute atomic E-state index is 0.149.